The van der Waals surface area contributed by atoms with Gasteiger partial charge in [-0.25, -0.2) is 5.10 Å². The lowest BCUT2D eigenvalue weighted by atomic mass is 10.2. The maximum atomic E-state index is 6.09. The second-order valence-electron chi connectivity index (χ2n) is 4.75. The van der Waals surface area contributed by atoms with Gasteiger partial charge in [0.15, 0.2) is 11.6 Å². The van der Waals surface area contributed by atoms with Crippen molar-refractivity contribution in [2.45, 2.75) is 6.61 Å². The predicted octanol–water partition coefficient (Wildman–Crippen LogP) is 4.71. The summed E-state index contributed by atoms with van der Waals surface area (Å²) in [5.41, 5.74) is 0.946. The van der Waals surface area contributed by atoms with Gasteiger partial charge in [-0.2, -0.15) is 14.9 Å². The number of hydrogen-bond donors (Lipinski definition) is 1. The van der Waals surface area contributed by atoms with Crippen molar-refractivity contribution >= 4 is 41.6 Å². The fourth-order valence-corrected chi connectivity index (χ4v) is 2.66. The highest BCUT2D eigenvalue weighted by Gasteiger charge is 2.10. The number of hydrogen-bond acceptors (Lipinski definition) is 4. The Kier molecular flexibility index (Phi) is 5.30. The Bertz CT molecular complexity index is 901. The van der Waals surface area contributed by atoms with Crippen LogP contribution in [0.5, 0.6) is 5.75 Å². The highest BCUT2D eigenvalue weighted by molar-refractivity contribution is 7.71. The van der Waals surface area contributed by atoms with Crippen LogP contribution >= 0.6 is 35.4 Å². The van der Waals surface area contributed by atoms with Gasteiger partial charge in [0.05, 0.1) is 16.3 Å². The van der Waals surface area contributed by atoms with Gasteiger partial charge in [0.2, 0.25) is 4.77 Å². The molecule has 24 heavy (non-hydrogen) atoms. The minimum Gasteiger partial charge on any atom is -0.482 e. The molecule has 0 radical (unpaired) electrons. The molecule has 0 fully saturated rings. The molecule has 3 rings (SSSR count). The van der Waals surface area contributed by atoms with Crippen LogP contribution in [-0.4, -0.2) is 21.1 Å². The topological polar surface area (TPSA) is 55.2 Å². The van der Waals surface area contributed by atoms with Crippen LogP contribution in [-0.2, 0) is 6.61 Å². The van der Waals surface area contributed by atoms with E-state index in [0.717, 1.165) is 5.56 Å². The molecule has 0 aliphatic heterocycles. The molecular formula is C16H12Cl2N4OS. The van der Waals surface area contributed by atoms with Crippen molar-refractivity contribution in [1.82, 2.24) is 14.9 Å². The second kappa shape index (κ2) is 7.61. The summed E-state index contributed by atoms with van der Waals surface area (Å²) in [6, 6.07) is 14.8. The van der Waals surface area contributed by atoms with Gasteiger partial charge in [0, 0.05) is 0 Å². The van der Waals surface area contributed by atoms with E-state index in [0.29, 0.717) is 26.4 Å². The van der Waals surface area contributed by atoms with Gasteiger partial charge in [-0.1, -0.05) is 59.6 Å². The normalized spacial score (nSPS) is 11.1. The van der Waals surface area contributed by atoms with E-state index in [1.54, 1.807) is 24.4 Å². The lowest BCUT2D eigenvalue weighted by molar-refractivity contribution is 0.291. The van der Waals surface area contributed by atoms with Gasteiger partial charge in [-0.05, 0) is 29.9 Å². The number of ether oxygens (including phenoxy) is 1. The van der Waals surface area contributed by atoms with Crippen LogP contribution in [0.1, 0.15) is 11.4 Å². The van der Waals surface area contributed by atoms with Crippen molar-refractivity contribution in [3.05, 3.63) is 74.7 Å². The minimum atomic E-state index is 0.114. The molecule has 0 aliphatic carbocycles. The molecule has 0 aliphatic rings. The zero-order valence-electron chi connectivity index (χ0n) is 12.3. The first-order valence-electron chi connectivity index (χ1n) is 6.97. The summed E-state index contributed by atoms with van der Waals surface area (Å²) >= 11 is 17.4. The first-order valence-corrected chi connectivity index (χ1v) is 8.14. The number of nitrogens with zero attached hydrogens (tertiary/aromatic N) is 3. The smallest absolute Gasteiger partial charge is 0.216 e. The number of para-hydroxylation sites is 1. The molecule has 2 aromatic carbocycles. The van der Waals surface area contributed by atoms with E-state index in [4.69, 9.17) is 40.2 Å². The summed E-state index contributed by atoms with van der Waals surface area (Å²) in [5.74, 6) is 0.900. The molecule has 8 heteroatoms. The molecule has 1 aromatic heterocycles. The first-order chi connectivity index (χ1) is 11.6. The third-order valence-electron chi connectivity index (χ3n) is 3.10. The first kappa shape index (κ1) is 16.7. The average molecular weight is 379 g/mol. The summed E-state index contributed by atoms with van der Waals surface area (Å²) in [5, 5.41) is 12.0. The van der Waals surface area contributed by atoms with Crippen molar-refractivity contribution in [2.24, 2.45) is 5.10 Å². The standard InChI is InChI=1S/C16H12Cl2N4OS/c17-12-7-4-8-13(18)15(12)23-10-14-20-21-16(24)22(14)19-9-11-5-2-1-3-6-11/h1-9H,10H2,(H,21,24)/b19-9-. The summed E-state index contributed by atoms with van der Waals surface area (Å²) in [6.07, 6.45) is 1.69. The fourth-order valence-electron chi connectivity index (χ4n) is 1.96. The molecule has 1 N–H and O–H groups in total. The van der Waals surface area contributed by atoms with Crippen molar-refractivity contribution in [1.29, 1.82) is 0 Å². The number of rotatable bonds is 5. The van der Waals surface area contributed by atoms with E-state index >= 15 is 0 Å². The quantitative estimate of drug-likeness (QED) is 0.516. The monoisotopic (exact) mass is 378 g/mol. The molecule has 0 atom stereocenters. The fraction of sp³-hybridized carbons (Fsp3) is 0.0625. The van der Waals surface area contributed by atoms with E-state index in [9.17, 15) is 0 Å². The number of aromatic nitrogens is 3. The van der Waals surface area contributed by atoms with E-state index in [-0.39, 0.29) is 6.61 Å². The van der Waals surface area contributed by atoms with Gasteiger partial charge < -0.3 is 4.74 Å². The highest BCUT2D eigenvalue weighted by Crippen LogP contribution is 2.32. The van der Waals surface area contributed by atoms with Crippen molar-refractivity contribution in [2.75, 3.05) is 0 Å². The van der Waals surface area contributed by atoms with Crippen LogP contribution in [0.25, 0.3) is 0 Å². The molecule has 5 nitrogen and oxygen atoms in total. The Morgan fingerprint density at radius 3 is 2.54 bits per heavy atom. The van der Waals surface area contributed by atoms with Crippen LogP contribution in [0.2, 0.25) is 10.0 Å². The molecule has 0 bridgehead atoms. The second-order valence-corrected chi connectivity index (χ2v) is 5.95. The van der Waals surface area contributed by atoms with Crippen molar-refractivity contribution in [3.8, 4) is 5.75 Å². The average Bonchev–Trinajstić information content (AvgIpc) is 2.93. The maximum Gasteiger partial charge on any atom is 0.216 e. The zero-order chi connectivity index (χ0) is 16.9. The molecule has 0 spiro atoms. The lowest BCUT2D eigenvalue weighted by Crippen LogP contribution is -2.04. The van der Waals surface area contributed by atoms with E-state index in [2.05, 4.69) is 15.3 Å². The Balaban J connectivity index is 1.80. The number of nitrogens with one attached hydrogen (secondary N) is 1. The summed E-state index contributed by atoms with van der Waals surface area (Å²) in [6.45, 7) is 0.114. The highest BCUT2D eigenvalue weighted by atomic mass is 35.5. The molecular weight excluding hydrogens is 367 g/mol. The largest absolute Gasteiger partial charge is 0.482 e. The molecule has 122 valence electrons. The van der Waals surface area contributed by atoms with Crippen molar-refractivity contribution < 1.29 is 4.74 Å². The molecule has 0 saturated heterocycles. The van der Waals surface area contributed by atoms with Crippen LogP contribution in [0.4, 0.5) is 0 Å². The Morgan fingerprint density at radius 1 is 1.12 bits per heavy atom. The Hall–Kier alpha value is -2.15. The van der Waals surface area contributed by atoms with Gasteiger partial charge in [0.1, 0.15) is 6.61 Å². The summed E-state index contributed by atoms with van der Waals surface area (Å²) < 4.78 is 7.53. The third-order valence-corrected chi connectivity index (χ3v) is 3.96. The molecule has 0 amide bonds. The number of halogens is 2. The molecule has 1 heterocycles. The number of H-pyrrole nitrogens is 1. The van der Waals surface area contributed by atoms with Crippen molar-refractivity contribution in [3.63, 3.8) is 0 Å². The Morgan fingerprint density at radius 2 is 1.83 bits per heavy atom. The number of aromatic amines is 1. The third kappa shape index (κ3) is 3.84. The van der Waals surface area contributed by atoms with Crippen LogP contribution in [0.15, 0.2) is 53.6 Å². The molecule has 0 unspecified atom stereocenters. The van der Waals surface area contributed by atoms with Crippen LogP contribution in [0.3, 0.4) is 0 Å². The van der Waals surface area contributed by atoms with Crippen LogP contribution in [0, 0.1) is 4.77 Å². The van der Waals surface area contributed by atoms with E-state index < -0.39 is 0 Å². The molecule has 0 saturated carbocycles. The Labute approximate surface area is 153 Å². The van der Waals surface area contributed by atoms with E-state index in [1.807, 2.05) is 30.3 Å². The van der Waals surface area contributed by atoms with Gasteiger partial charge in [0.25, 0.3) is 0 Å². The van der Waals surface area contributed by atoms with Crippen LogP contribution < -0.4 is 4.74 Å². The SMILES string of the molecule is S=c1[nH]nc(COc2c(Cl)cccc2Cl)n1/N=C\c1ccccc1. The molecule has 3 aromatic rings. The zero-order valence-corrected chi connectivity index (χ0v) is 14.6. The summed E-state index contributed by atoms with van der Waals surface area (Å²) in [7, 11) is 0. The summed E-state index contributed by atoms with van der Waals surface area (Å²) in [4.78, 5) is 0. The van der Waals surface area contributed by atoms with Gasteiger partial charge >= 0.3 is 0 Å². The predicted molar refractivity (Wildman–Crippen MR) is 97.6 cm³/mol. The van der Waals surface area contributed by atoms with Gasteiger partial charge in [-0.15, -0.1) is 0 Å². The number of benzene rings is 2. The maximum absolute atomic E-state index is 6.09. The minimum absolute atomic E-state index is 0.114. The lowest BCUT2D eigenvalue weighted by Gasteiger charge is -2.08. The van der Waals surface area contributed by atoms with E-state index in [1.165, 1.54) is 4.68 Å². The van der Waals surface area contributed by atoms with Gasteiger partial charge in [-0.3, -0.25) is 0 Å².